The first kappa shape index (κ1) is 13.3. The SMILES string of the molecule is CN1CCC[C@@H]1Cc1c(C2CCC2)[nH]c2ccc(F)cc12. The standard InChI is InChI=1S/C18H23FN2/c1-21-9-3-6-14(21)11-16-15-10-13(19)7-8-17(15)20-18(16)12-4-2-5-12/h7-8,10,12,14,20H,2-6,9,11H2,1H3/t14-/m1/s1. The number of likely N-dealkylation sites (tertiary alicyclic amines) is 1. The fourth-order valence-electron chi connectivity index (χ4n) is 3.98. The Balaban J connectivity index is 1.77. The monoisotopic (exact) mass is 286 g/mol. The summed E-state index contributed by atoms with van der Waals surface area (Å²) in [6.07, 6.45) is 7.51. The quantitative estimate of drug-likeness (QED) is 0.895. The topological polar surface area (TPSA) is 19.0 Å². The lowest BCUT2D eigenvalue weighted by atomic mass is 9.80. The van der Waals surface area contributed by atoms with Crippen molar-refractivity contribution in [3.05, 3.63) is 35.3 Å². The number of nitrogens with one attached hydrogen (secondary N) is 1. The number of halogens is 1. The van der Waals surface area contributed by atoms with Gasteiger partial charge < -0.3 is 9.88 Å². The summed E-state index contributed by atoms with van der Waals surface area (Å²) in [6, 6.07) is 5.80. The van der Waals surface area contributed by atoms with Crippen LogP contribution < -0.4 is 0 Å². The van der Waals surface area contributed by atoms with E-state index in [-0.39, 0.29) is 5.82 Å². The number of likely N-dealkylation sites (N-methyl/N-ethyl adjacent to an activating group) is 1. The van der Waals surface area contributed by atoms with Crippen LogP contribution in [0.15, 0.2) is 18.2 Å². The van der Waals surface area contributed by atoms with Crippen LogP contribution in [0.5, 0.6) is 0 Å². The molecule has 1 aliphatic heterocycles. The van der Waals surface area contributed by atoms with Crippen molar-refractivity contribution in [2.45, 2.75) is 50.5 Å². The van der Waals surface area contributed by atoms with E-state index in [1.807, 2.05) is 6.07 Å². The maximum Gasteiger partial charge on any atom is 0.123 e. The molecule has 1 atom stereocenters. The van der Waals surface area contributed by atoms with Gasteiger partial charge in [-0.05, 0) is 75.4 Å². The molecule has 112 valence electrons. The lowest BCUT2D eigenvalue weighted by molar-refractivity contribution is 0.308. The predicted octanol–water partition coefficient (Wildman–Crippen LogP) is 4.21. The molecule has 1 aliphatic carbocycles. The zero-order chi connectivity index (χ0) is 14.4. The molecule has 1 saturated heterocycles. The minimum absolute atomic E-state index is 0.123. The van der Waals surface area contributed by atoms with Crippen molar-refractivity contribution in [1.29, 1.82) is 0 Å². The maximum atomic E-state index is 13.7. The van der Waals surface area contributed by atoms with E-state index in [0.29, 0.717) is 12.0 Å². The highest BCUT2D eigenvalue weighted by Crippen LogP contribution is 2.41. The van der Waals surface area contributed by atoms with Crippen LogP contribution in [-0.2, 0) is 6.42 Å². The van der Waals surface area contributed by atoms with E-state index in [4.69, 9.17) is 0 Å². The molecule has 21 heavy (non-hydrogen) atoms. The Kier molecular flexibility index (Phi) is 3.26. The second kappa shape index (κ2) is 5.13. The van der Waals surface area contributed by atoms with Crippen molar-refractivity contribution in [1.82, 2.24) is 9.88 Å². The van der Waals surface area contributed by atoms with Gasteiger partial charge in [-0.2, -0.15) is 0 Å². The van der Waals surface area contributed by atoms with Crippen LogP contribution in [0.3, 0.4) is 0 Å². The lowest BCUT2D eigenvalue weighted by Crippen LogP contribution is -2.27. The smallest absolute Gasteiger partial charge is 0.123 e. The number of hydrogen-bond donors (Lipinski definition) is 1. The lowest BCUT2D eigenvalue weighted by Gasteiger charge is -2.27. The van der Waals surface area contributed by atoms with E-state index >= 15 is 0 Å². The van der Waals surface area contributed by atoms with Crippen molar-refractivity contribution in [3.63, 3.8) is 0 Å². The Morgan fingerprint density at radius 2 is 2.10 bits per heavy atom. The Bertz CT molecular complexity index is 657. The maximum absolute atomic E-state index is 13.7. The van der Waals surface area contributed by atoms with E-state index in [2.05, 4.69) is 16.9 Å². The van der Waals surface area contributed by atoms with Crippen LogP contribution in [0.1, 0.15) is 49.3 Å². The Hall–Kier alpha value is -1.35. The second-order valence-electron chi connectivity index (χ2n) is 6.82. The highest BCUT2D eigenvalue weighted by Gasteiger charge is 2.29. The zero-order valence-electron chi connectivity index (χ0n) is 12.7. The predicted molar refractivity (Wildman–Crippen MR) is 84.2 cm³/mol. The summed E-state index contributed by atoms with van der Waals surface area (Å²) in [5.41, 5.74) is 3.88. The van der Waals surface area contributed by atoms with E-state index in [1.165, 1.54) is 49.9 Å². The number of hydrogen-bond acceptors (Lipinski definition) is 1. The van der Waals surface area contributed by atoms with Crippen LogP contribution in [-0.4, -0.2) is 29.5 Å². The number of H-pyrrole nitrogens is 1. The molecule has 1 aromatic carbocycles. The molecule has 4 rings (SSSR count). The van der Waals surface area contributed by atoms with Crippen molar-refractivity contribution < 1.29 is 4.39 Å². The molecule has 2 aliphatic rings. The van der Waals surface area contributed by atoms with Crippen LogP contribution in [0, 0.1) is 5.82 Å². The molecule has 1 aromatic heterocycles. The van der Waals surface area contributed by atoms with Gasteiger partial charge in [-0.25, -0.2) is 4.39 Å². The third-order valence-corrected chi connectivity index (χ3v) is 5.53. The van der Waals surface area contributed by atoms with Gasteiger partial charge in [0, 0.05) is 22.6 Å². The van der Waals surface area contributed by atoms with Crippen molar-refractivity contribution >= 4 is 10.9 Å². The third-order valence-electron chi connectivity index (χ3n) is 5.53. The van der Waals surface area contributed by atoms with E-state index in [1.54, 1.807) is 12.1 Å². The molecule has 2 aromatic rings. The summed E-state index contributed by atoms with van der Waals surface area (Å²) in [5, 5.41) is 1.11. The summed E-state index contributed by atoms with van der Waals surface area (Å²) in [4.78, 5) is 6.06. The molecule has 0 bridgehead atoms. The molecule has 2 heterocycles. The van der Waals surface area contributed by atoms with Crippen molar-refractivity contribution in [3.8, 4) is 0 Å². The molecule has 0 unspecified atom stereocenters. The highest BCUT2D eigenvalue weighted by atomic mass is 19.1. The first-order valence-electron chi connectivity index (χ1n) is 8.22. The van der Waals surface area contributed by atoms with Crippen LogP contribution >= 0.6 is 0 Å². The fourth-order valence-corrected chi connectivity index (χ4v) is 3.98. The summed E-state index contributed by atoms with van der Waals surface area (Å²) < 4.78 is 13.7. The van der Waals surface area contributed by atoms with Gasteiger partial charge in [-0.15, -0.1) is 0 Å². The molecule has 1 saturated carbocycles. The number of aromatic nitrogens is 1. The summed E-state index contributed by atoms with van der Waals surface area (Å²) >= 11 is 0. The molecule has 0 spiro atoms. The number of nitrogens with zero attached hydrogens (tertiary/aromatic N) is 1. The summed E-state index contributed by atoms with van der Waals surface area (Å²) in [7, 11) is 2.22. The fraction of sp³-hybridized carbons (Fsp3) is 0.556. The van der Waals surface area contributed by atoms with Gasteiger partial charge in [0.15, 0.2) is 0 Å². The van der Waals surface area contributed by atoms with Gasteiger partial charge in [0.2, 0.25) is 0 Å². The third kappa shape index (κ3) is 2.28. The molecule has 1 N–H and O–H groups in total. The number of aromatic amines is 1. The second-order valence-corrected chi connectivity index (χ2v) is 6.82. The van der Waals surface area contributed by atoms with Gasteiger partial charge in [0.05, 0.1) is 0 Å². The van der Waals surface area contributed by atoms with Crippen molar-refractivity contribution in [2.75, 3.05) is 13.6 Å². The Labute approximate surface area is 125 Å². The van der Waals surface area contributed by atoms with E-state index in [0.717, 1.165) is 17.3 Å². The van der Waals surface area contributed by atoms with Gasteiger partial charge in [0.25, 0.3) is 0 Å². The van der Waals surface area contributed by atoms with Crippen LogP contribution in [0.4, 0.5) is 4.39 Å². The van der Waals surface area contributed by atoms with E-state index in [9.17, 15) is 4.39 Å². The Morgan fingerprint density at radius 1 is 1.24 bits per heavy atom. The number of fused-ring (bicyclic) bond motifs is 1. The number of benzene rings is 1. The molecular weight excluding hydrogens is 263 g/mol. The zero-order valence-corrected chi connectivity index (χ0v) is 12.7. The summed E-state index contributed by atoms with van der Waals surface area (Å²) in [6.45, 7) is 1.19. The minimum atomic E-state index is -0.123. The van der Waals surface area contributed by atoms with Gasteiger partial charge in [-0.1, -0.05) is 6.42 Å². The number of rotatable bonds is 3. The largest absolute Gasteiger partial charge is 0.358 e. The van der Waals surface area contributed by atoms with Gasteiger partial charge in [0.1, 0.15) is 5.82 Å². The average molecular weight is 286 g/mol. The first-order chi connectivity index (χ1) is 10.2. The molecule has 0 amide bonds. The van der Waals surface area contributed by atoms with Crippen LogP contribution in [0.2, 0.25) is 0 Å². The molecule has 0 radical (unpaired) electrons. The normalized spacial score (nSPS) is 23.8. The Morgan fingerprint density at radius 3 is 2.76 bits per heavy atom. The van der Waals surface area contributed by atoms with E-state index < -0.39 is 0 Å². The van der Waals surface area contributed by atoms with Gasteiger partial charge in [-0.3, -0.25) is 0 Å². The molecule has 2 fully saturated rings. The first-order valence-corrected chi connectivity index (χ1v) is 8.22. The average Bonchev–Trinajstić information content (AvgIpc) is 2.94. The molecular formula is C18H23FN2. The molecule has 3 heteroatoms. The van der Waals surface area contributed by atoms with Crippen LogP contribution in [0.25, 0.3) is 10.9 Å². The molecule has 2 nitrogen and oxygen atoms in total. The highest BCUT2D eigenvalue weighted by molar-refractivity contribution is 5.85. The van der Waals surface area contributed by atoms with Crippen molar-refractivity contribution in [2.24, 2.45) is 0 Å². The van der Waals surface area contributed by atoms with Gasteiger partial charge >= 0.3 is 0 Å². The minimum Gasteiger partial charge on any atom is -0.358 e. The summed E-state index contributed by atoms with van der Waals surface area (Å²) in [5.74, 6) is 0.546.